The molecule has 1 aromatic heterocycles. The highest BCUT2D eigenvalue weighted by Gasteiger charge is 2.30. The summed E-state index contributed by atoms with van der Waals surface area (Å²) in [4.78, 5) is 19.9. The second-order valence-electron chi connectivity index (χ2n) is 7.47. The highest BCUT2D eigenvalue weighted by Crippen LogP contribution is 2.21. The second kappa shape index (κ2) is 7.50. The van der Waals surface area contributed by atoms with Gasteiger partial charge in [0.15, 0.2) is 5.84 Å². The first-order chi connectivity index (χ1) is 13.4. The lowest BCUT2D eigenvalue weighted by atomic mass is 9.96. The highest BCUT2D eigenvalue weighted by atomic mass is 32.2. The van der Waals surface area contributed by atoms with Gasteiger partial charge in [0, 0.05) is 18.9 Å². The maximum Gasteiger partial charge on any atom is 0.267 e. The van der Waals surface area contributed by atoms with E-state index in [0.29, 0.717) is 12.0 Å². The number of sulfonamides is 1. The summed E-state index contributed by atoms with van der Waals surface area (Å²) in [6.45, 7) is 2.26. The van der Waals surface area contributed by atoms with E-state index >= 15 is 0 Å². The number of nitrogens with zero attached hydrogens (tertiary/aromatic N) is 4. The lowest BCUT2D eigenvalue weighted by Crippen LogP contribution is -2.42. The van der Waals surface area contributed by atoms with E-state index in [0.717, 1.165) is 31.2 Å². The van der Waals surface area contributed by atoms with Crippen LogP contribution < -0.4 is 5.49 Å². The number of hydrogen-bond acceptors (Lipinski definition) is 5. The Labute approximate surface area is 164 Å². The van der Waals surface area contributed by atoms with Gasteiger partial charge in [0.2, 0.25) is 0 Å². The number of rotatable bonds is 2. The van der Waals surface area contributed by atoms with E-state index < -0.39 is 10.0 Å². The van der Waals surface area contributed by atoms with Crippen molar-refractivity contribution in [2.75, 3.05) is 12.3 Å². The van der Waals surface area contributed by atoms with Crippen LogP contribution in [0.25, 0.3) is 0 Å². The number of allylic oxidation sites excluding steroid dienone is 2. The van der Waals surface area contributed by atoms with Crippen molar-refractivity contribution < 1.29 is 13.2 Å². The van der Waals surface area contributed by atoms with E-state index in [-0.39, 0.29) is 29.1 Å². The van der Waals surface area contributed by atoms with Gasteiger partial charge in [-0.1, -0.05) is 19.3 Å². The van der Waals surface area contributed by atoms with Crippen molar-refractivity contribution in [2.45, 2.75) is 45.1 Å². The smallest absolute Gasteiger partial charge is 0.267 e. The predicted molar refractivity (Wildman–Crippen MR) is 107 cm³/mol. The molecule has 8 heteroatoms. The first kappa shape index (κ1) is 18.9. The van der Waals surface area contributed by atoms with Crippen LogP contribution in [0.3, 0.4) is 0 Å². The fourth-order valence-corrected chi connectivity index (χ4v) is 4.76. The number of hydrogen-bond donors (Lipinski definition) is 0. The van der Waals surface area contributed by atoms with E-state index in [1.165, 1.54) is 11.0 Å². The molecule has 7 nitrogen and oxygen atoms in total. The average Bonchev–Trinajstić information content (AvgIpc) is 2.67. The molecule has 1 aliphatic carbocycles. The highest BCUT2D eigenvalue weighted by molar-refractivity contribution is 7.90. The zero-order valence-corrected chi connectivity index (χ0v) is 16.7. The first-order valence-electron chi connectivity index (χ1n) is 9.69. The zero-order chi connectivity index (χ0) is 19.7. The summed E-state index contributed by atoms with van der Waals surface area (Å²) in [6, 6.07) is 3.98. The van der Waals surface area contributed by atoms with Crippen LogP contribution in [0.1, 0.15) is 42.5 Å². The molecular formula is C20H24N4O3S. The van der Waals surface area contributed by atoms with Crippen molar-refractivity contribution in [1.82, 2.24) is 9.47 Å². The van der Waals surface area contributed by atoms with Crippen LogP contribution in [-0.4, -0.2) is 48.0 Å². The lowest BCUT2D eigenvalue weighted by Gasteiger charge is -2.28. The molecule has 0 spiro atoms. The van der Waals surface area contributed by atoms with Crippen LogP contribution in [0.5, 0.6) is 0 Å². The molecule has 1 aromatic rings. The zero-order valence-electron chi connectivity index (χ0n) is 15.9. The fourth-order valence-electron chi connectivity index (χ4n) is 3.77. The van der Waals surface area contributed by atoms with Crippen LogP contribution in [0.15, 0.2) is 51.6 Å². The molecule has 148 valence electrons. The third-order valence-electron chi connectivity index (χ3n) is 5.29. The maximum atomic E-state index is 13.3. The first-order valence-corrected chi connectivity index (χ1v) is 11.3. The lowest BCUT2D eigenvalue weighted by molar-refractivity contribution is 0.0954. The topological polar surface area (TPSA) is 84.1 Å². The Morgan fingerprint density at radius 1 is 1.25 bits per heavy atom. The van der Waals surface area contributed by atoms with Gasteiger partial charge in [0.05, 0.1) is 17.4 Å². The molecular weight excluding hydrogens is 376 g/mol. The monoisotopic (exact) mass is 400 g/mol. The van der Waals surface area contributed by atoms with Crippen LogP contribution in [0.2, 0.25) is 0 Å². The Kier molecular flexibility index (Phi) is 5.05. The second-order valence-corrected chi connectivity index (χ2v) is 9.23. The largest absolute Gasteiger partial charge is 0.331 e. The van der Waals surface area contributed by atoms with Gasteiger partial charge in [0.1, 0.15) is 5.49 Å². The summed E-state index contributed by atoms with van der Waals surface area (Å²) in [7, 11) is -3.55. The standard InChI is InChI=1S/C20H24N4O3S/c1-15-9-11-24(18(14-15)21-16-6-3-2-4-7-16)20(25)17-8-5-10-23-12-13-28(26,27)22-19(17)23/h5,8-11,14,16H,2-4,6-7,12-13H2,1H3. The molecule has 0 atom stereocenters. The number of amidine groups is 1. The van der Waals surface area contributed by atoms with Crippen LogP contribution in [-0.2, 0) is 10.0 Å². The van der Waals surface area contributed by atoms with Crippen LogP contribution in [0, 0.1) is 6.92 Å². The van der Waals surface area contributed by atoms with Gasteiger partial charge in [-0.3, -0.25) is 14.4 Å². The molecule has 3 aliphatic rings. The molecule has 2 aliphatic heterocycles. The minimum absolute atomic E-state index is 0.0533. The number of carbonyl (C=O) groups is 1. The molecule has 0 bridgehead atoms. The molecule has 0 saturated heterocycles. The molecule has 0 amide bonds. The Morgan fingerprint density at radius 3 is 2.82 bits per heavy atom. The van der Waals surface area contributed by atoms with E-state index in [2.05, 4.69) is 4.40 Å². The molecule has 0 aromatic carbocycles. The molecule has 0 radical (unpaired) electrons. The average molecular weight is 401 g/mol. The number of fused-ring (bicyclic) bond motifs is 1. The summed E-state index contributed by atoms with van der Waals surface area (Å²) in [5.74, 6) is -0.183. The minimum atomic E-state index is -3.55. The number of pyridine rings is 1. The van der Waals surface area contributed by atoms with Gasteiger partial charge < -0.3 is 4.90 Å². The maximum absolute atomic E-state index is 13.3. The third kappa shape index (κ3) is 3.87. The van der Waals surface area contributed by atoms with E-state index in [1.807, 2.05) is 19.1 Å². The van der Waals surface area contributed by atoms with Gasteiger partial charge in [-0.25, -0.2) is 8.42 Å². The van der Waals surface area contributed by atoms with Gasteiger partial charge in [-0.2, -0.15) is 0 Å². The molecule has 0 N–H and O–H groups in total. The van der Waals surface area contributed by atoms with E-state index in [4.69, 9.17) is 4.99 Å². The summed E-state index contributed by atoms with van der Waals surface area (Å²) in [5, 5.41) is 0. The summed E-state index contributed by atoms with van der Waals surface area (Å²) in [6.07, 6.45) is 12.5. The molecule has 0 unspecified atom stereocenters. The van der Waals surface area contributed by atoms with Crippen molar-refractivity contribution in [3.63, 3.8) is 0 Å². The SMILES string of the molecule is Cc1ccn(C(=O)C2=CC=CN3CCS(=O)(=O)N=C23)c(=NC2CCCCC2)c1. The van der Waals surface area contributed by atoms with Crippen molar-refractivity contribution in [3.8, 4) is 0 Å². The summed E-state index contributed by atoms with van der Waals surface area (Å²) < 4.78 is 29.3. The quantitative estimate of drug-likeness (QED) is 0.762. The normalized spacial score (nSPS) is 22.5. The molecule has 1 saturated carbocycles. The van der Waals surface area contributed by atoms with E-state index in [1.54, 1.807) is 29.4 Å². The molecule has 3 heterocycles. The molecule has 28 heavy (non-hydrogen) atoms. The molecule has 1 fully saturated rings. The number of aryl methyl sites for hydroxylation is 1. The third-order valence-corrected chi connectivity index (χ3v) is 6.44. The molecule has 4 rings (SSSR count). The van der Waals surface area contributed by atoms with Crippen molar-refractivity contribution in [2.24, 2.45) is 9.39 Å². The van der Waals surface area contributed by atoms with Gasteiger partial charge in [0.25, 0.3) is 15.9 Å². The number of carbonyl (C=O) groups excluding carboxylic acids is 1. The minimum Gasteiger partial charge on any atom is -0.331 e. The van der Waals surface area contributed by atoms with Crippen molar-refractivity contribution in [1.29, 1.82) is 0 Å². The van der Waals surface area contributed by atoms with Gasteiger partial charge in [-0.15, -0.1) is 4.40 Å². The van der Waals surface area contributed by atoms with Crippen molar-refractivity contribution >= 4 is 21.8 Å². The number of aromatic nitrogens is 1. The Balaban J connectivity index is 1.76. The van der Waals surface area contributed by atoms with Gasteiger partial charge in [-0.05, 0) is 49.6 Å². The Morgan fingerprint density at radius 2 is 2.04 bits per heavy atom. The Hall–Kier alpha value is -2.48. The van der Waals surface area contributed by atoms with E-state index in [9.17, 15) is 13.2 Å². The van der Waals surface area contributed by atoms with Gasteiger partial charge >= 0.3 is 0 Å². The van der Waals surface area contributed by atoms with Crippen LogP contribution >= 0.6 is 0 Å². The fraction of sp³-hybridized carbons (Fsp3) is 0.450. The Bertz CT molecular complexity index is 1060. The summed E-state index contributed by atoms with van der Waals surface area (Å²) >= 11 is 0. The predicted octanol–water partition coefficient (Wildman–Crippen LogP) is 2.17. The van der Waals surface area contributed by atoms with Crippen molar-refractivity contribution in [3.05, 3.63) is 53.3 Å². The van der Waals surface area contributed by atoms with Crippen LogP contribution in [0.4, 0.5) is 0 Å². The summed E-state index contributed by atoms with van der Waals surface area (Å²) in [5.41, 5.74) is 1.90.